The Morgan fingerprint density at radius 2 is 2.38 bits per heavy atom. The van der Waals surface area contributed by atoms with Gasteiger partial charge >= 0.3 is 0 Å². The van der Waals surface area contributed by atoms with E-state index in [1.165, 1.54) is 18.2 Å². The highest BCUT2D eigenvalue weighted by Crippen LogP contribution is 2.28. The van der Waals surface area contributed by atoms with Crippen LogP contribution >= 0.6 is 0 Å². The third kappa shape index (κ3) is 3.53. The minimum atomic E-state index is -0.436. The lowest BCUT2D eigenvalue weighted by atomic mass is 10.0. The van der Waals surface area contributed by atoms with Crippen molar-refractivity contribution in [3.8, 4) is 18.1 Å². The van der Waals surface area contributed by atoms with Gasteiger partial charge in [-0.25, -0.2) is 4.39 Å². The van der Waals surface area contributed by atoms with Crippen LogP contribution in [0.4, 0.5) is 10.1 Å². The number of rotatable bonds is 4. The van der Waals surface area contributed by atoms with Gasteiger partial charge < -0.3 is 15.0 Å². The summed E-state index contributed by atoms with van der Waals surface area (Å²) in [4.78, 5) is 14.5. The normalized spacial score (nSPS) is 21.8. The van der Waals surface area contributed by atoms with E-state index in [0.717, 1.165) is 13.0 Å². The molecular formula is C16H19FN2O2. The van der Waals surface area contributed by atoms with Crippen LogP contribution in [0.3, 0.4) is 0 Å². The minimum Gasteiger partial charge on any atom is -0.479 e. The van der Waals surface area contributed by atoms with Crippen LogP contribution in [0.25, 0.3) is 0 Å². The summed E-state index contributed by atoms with van der Waals surface area (Å²) in [5, 5.41) is 2.81. The van der Waals surface area contributed by atoms with Gasteiger partial charge in [0.15, 0.2) is 0 Å². The van der Waals surface area contributed by atoms with E-state index in [0.29, 0.717) is 5.69 Å². The van der Waals surface area contributed by atoms with E-state index in [9.17, 15) is 9.18 Å². The van der Waals surface area contributed by atoms with Crippen molar-refractivity contribution in [2.24, 2.45) is 5.92 Å². The Bertz CT molecular complexity index is 568. The number of amides is 1. The van der Waals surface area contributed by atoms with Crippen molar-refractivity contribution in [1.29, 1.82) is 0 Å². The molecule has 0 aromatic heterocycles. The van der Waals surface area contributed by atoms with Crippen LogP contribution in [0.5, 0.6) is 5.75 Å². The molecule has 0 unspecified atom stereocenters. The molecule has 1 aliphatic heterocycles. The molecule has 0 bridgehead atoms. The number of anilines is 1. The lowest BCUT2D eigenvalue weighted by Crippen LogP contribution is -2.33. The smallest absolute Gasteiger partial charge is 0.229 e. The first-order valence-electron chi connectivity index (χ1n) is 6.90. The Balaban J connectivity index is 2.12. The van der Waals surface area contributed by atoms with Crippen molar-refractivity contribution >= 4 is 11.6 Å². The van der Waals surface area contributed by atoms with E-state index < -0.39 is 5.82 Å². The molecule has 0 radical (unpaired) electrons. The summed E-state index contributed by atoms with van der Waals surface area (Å²) < 4.78 is 18.6. The Morgan fingerprint density at radius 3 is 3.00 bits per heavy atom. The molecule has 4 nitrogen and oxygen atoms in total. The van der Waals surface area contributed by atoms with Crippen molar-refractivity contribution in [2.75, 3.05) is 25.5 Å². The standard InChI is InChI=1S/C16H19FN2O2/c1-4-9-21-15-10-12(17)5-6-14(15)18-16(20)13-7-8-19(3)11(13)2/h1,5-6,10-11,13H,7-9H2,2-3H3,(H,18,20)/t11-,13-/m1/s1. The molecule has 0 aliphatic carbocycles. The van der Waals surface area contributed by atoms with Crippen LogP contribution in [-0.4, -0.2) is 37.0 Å². The van der Waals surface area contributed by atoms with Gasteiger partial charge in [-0.1, -0.05) is 5.92 Å². The summed E-state index contributed by atoms with van der Waals surface area (Å²) in [5.41, 5.74) is 0.443. The SMILES string of the molecule is C#CCOc1cc(F)ccc1NC(=O)[C@@H]1CCN(C)[C@@H]1C. The highest BCUT2D eigenvalue weighted by molar-refractivity contribution is 5.94. The molecule has 2 atom stereocenters. The van der Waals surface area contributed by atoms with Gasteiger partial charge in [0.25, 0.3) is 0 Å². The predicted molar refractivity (Wildman–Crippen MR) is 79.6 cm³/mol. The number of hydrogen-bond donors (Lipinski definition) is 1. The molecule has 1 aromatic rings. The number of hydrogen-bond acceptors (Lipinski definition) is 3. The van der Waals surface area contributed by atoms with Gasteiger partial charge in [0.1, 0.15) is 18.2 Å². The van der Waals surface area contributed by atoms with E-state index in [4.69, 9.17) is 11.2 Å². The summed E-state index contributed by atoms with van der Waals surface area (Å²) in [7, 11) is 2.00. The highest BCUT2D eigenvalue weighted by Gasteiger charge is 2.33. The molecule has 1 heterocycles. The number of terminal acetylenes is 1. The summed E-state index contributed by atoms with van der Waals surface area (Å²) in [6, 6.07) is 4.17. The highest BCUT2D eigenvalue weighted by atomic mass is 19.1. The van der Waals surface area contributed by atoms with E-state index in [1.807, 2.05) is 14.0 Å². The molecule has 0 spiro atoms. The van der Waals surface area contributed by atoms with E-state index in [1.54, 1.807) is 0 Å². The fourth-order valence-electron chi connectivity index (χ4n) is 2.51. The van der Waals surface area contributed by atoms with E-state index in [2.05, 4.69) is 16.1 Å². The van der Waals surface area contributed by atoms with Gasteiger partial charge in [0, 0.05) is 12.1 Å². The van der Waals surface area contributed by atoms with Crippen LogP contribution in [0.15, 0.2) is 18.2 Å². The predicted octanol–water partition coefficient (Wildman–Crippen LogP) is 2.12. The van der Waals surface area contributed by atoms with Gasteiger partial charge in [0.2, 0.25) is 5.91 Å². The number of nitrogens with zero attached hydrogens (tertiary/aromatic N) is 1. The third-order valence-corrected chi connectivity index (χ3v) is 3.92. The van der Waals surface area contributed by atoms with Crippen LogP contribution in [0.2, 0.25) is 0 Å². The fourth-order valence-corrected chi connectivity index (χ4v) is 2.51. The number of halogens is 1. The molecule has 2 rings (SSSR count). The summed E-state index contributed by atoms with van der Waals surface area (Å²) >= 11 is 0. The number of carbonyl (C=O) groups excluding carboxylic acids is 1. The zero-order valence-electron chi connectivity index (χ0n) is 12.2. The van der Waals surface area contributed by atoms with E-state index in [-0.39, 0.29) is 30.2 Å². The Kier molecular flexibility index (Phi) is 4.81. The first-order valence-corrected chi connectivity index (χ1v) is 6.90. The molecule has 5 heteroatoms. The van der Waals surface area contributed by atoms with Crippen molar-refractivity contribution in [1.82, 2.24) is 4.90 Å². The fraction of sp³-hybridized carbons (Fsp3) is 0.438. The zero-order valence-corrected chi connectivity index (χ0v) is 12.2. The summed E-state index contributed by atoms with van der Waals surface area (Å²) in [6.07, 6.45) is 5.95. The lowest BCUT2D eigenvalue weighted by Gasteiger charge is -2.20. The second kappa shape index (κ2) is 6.59. The Morgan fingerprint density at radius 1 is 1.62 bits per heavy atom. The molecule has 1 amide bonds. The van der Waals surface area contributed by atoms with Gasteiger partial charge in [-0.2, -0.15) is 0 Å². The van der Waals surface area contributed by atoms with Crippen LogP contribution in [-0.2, 0) is 4.79 Å². The molecule has 1 N–H and O–H groups in total. The number of benzene rings is 1. The van der Waals surface area contributed by atoms with Crippen LogP contribution in [0, 0.1) is 24.1 Å². The van der Waals surface area contributed by atoms with Crippen LogP contribution < -0.4 is 10.1 Å². The maximum absolute atomic E-state index is 13.3. The lowest BCUT2D eigenvalue weighted by molar-refractivity contribution is -0.120. The van der Waals surface area contributed by atoms with Crippen molar-refractivity contribution in [3.05, 3.63) is 24.0 Å². The molecule has 1 saturated heterocycles. The van der Waals surface area contributed by atoms with Gasteiger partial charge in [0.05, 0.1) is 11.6 Å². The maximum atomic E-state index is 13.3. The first-order chi connectivity index (χ1) is 10.0. The zero-order chi connectivity index (χ0) is 15.4. The Hall–Kier alpha value is -2.06. The first kappa shape index (κ1) is 15.3. The van der Waals surface area contributed by atoms with Crippen molar-refractivity contribution < 1.29 is 13.9 Å². The van der Waals surface area contributed by atoms with Crippen molar-refractivity contribution in [3.63, 3.8) is 0 Å². The molecule has 1 aromatic carbocycles. The summed E-state index contributed by atoms with van der Waals surface area (Å²) in [5.74, 6) is 1.97. The van der Waals surface area contributed by atoms with Gasteiger partial charge in [-0.3, -0.25) is 4.79 Å². The average molecular weight is 290 g/mol. The molecule has 1 aliphatic rings. The average Bonchev–Trinajstić information content (AvgIpc) is 2.79. The minimum absolute atomic E-state index is 0.0227. The number of nitrogens with one attached hydrogen (secondary N) is 1. The Labute approximate surface area is 124 Å². The third-order valence-electron chi connectivity index (χ3n) is 3.92. The molecular weight excluding hydrogens is 271 g/mol. The van der Waals surface area contributed by atoms with Gasteiger partial charge in [-0.15, -0.1) is 6.42 Å². The molecule has 0 saturated carbocycles. The number of likely N-dealkylation sites (tertiary alicyclic amines) is 1. The number of ether oxygens (including phenoxy) is 1. The van der Waals surface area contributed by atoms with Gasteiger partial charge in [-0.05, 0) is 39.1 Å². The maximum Gasteiger partial charge on any atom is 0.229 e. The monoisotopic (exact) mass is 290 g/mol. The molecule has 21 heavy (non-hydrogen) atoms. The summed E-state index contributed by atoms with van der Waals surface area (Å²) in [6.45, 7) is 2.94. The topological polar surface area (TPSA) is 41.6 Å². The second-order valence-corrected chi connectivity index (χ2v) is 5.24. The second-order valence-electron chi connectivity index (χ2n) is 5.24. The quantitative estimate of drug-likeness (QED) is 0.864. The van der Waals surface area contributed by atoms with E-state index >= 15 is 0 Å². The largest absolute Gasteiger partial charge is 0.479 e. The van der Waals surface area contributed by atoms with Crippen LogP contribution in [0.1, 0.15) is 13.3 Å². The molecule has 112 valence electrons. The van der Waals surface area contributed by atoms with Crippen molar-refractivity contribution in [2.45, 2.75) is 19.4 Å². The molecule has 1 fully saturated rings. The number of carbonyl (C=O) groups is 1.